The lowest BCUT2D eigenvalue weighted by atomic mass is 9.88. The van der Waals surface area contributed by atoms with E-state index in [4.69, 9.17) is 28.4 Å². The molecule has 0 amide bonds. The van der Waals surface area contributed by atoms with E-state index in [0.717, 1.165) is 20.8 Å². The van der Waals surface area contributed by atoms with Gasteiger partial charge in [0.1, 0.15) is 34.0 Å². The van der Waals surface area contributed by atoms with Crippen molar-refractivity contribution < 1.29 is 57.2 Å². The Hall–Kier alpha value is -5.00. The first-order valence-corrected chi connectivity index (χ1v) is 14.6. The molecule has 1 aliphatic rings. The summed E-state index contributed by atoms with van der Waals surface area (Å²) >= 11 is 0. The molecule has 0 fully saturated rings. The van der Waals surface area contributed by atoms with E-state index in [2.05, 4.69) is 0 Å². The molecule has 2 aromatic carbocycles. The highest BCUT2D eigenvalue weighted by molar-refractivity contribution is 6.05. The molecule has 246 valence electrons. The summed E-state index contributed by atoms with van der Waals surface area (Å²) in [6.07, 6.45) is 3.50. The predicted molar refractivity (Wildman–Crippen MR) is 165 cm³/mol. The summed E-state index contributed by atoms with van der Waals surface area (Å²) in [6, 6.07) is 0. The van der Waals surface area contributed by atoms with E-state index in [1.807, 2.05) is 6.92 Å². The van der Waals surface area contributed by atoms with Crippen LogP contribution >= 0.6 is 0 Å². The third kappa shape index (κ3) is 7.44. The zero-order valence-corrected chi connectivity index (χ0v) is 27.7. The molecule has 0 saturated carbocycles. The number of ketones is 2. The molecule has 0 N–H and O–H groups in total. The lowest BCUT2D eigenvalue weighted by Gasteiger charge is -2.32. The van der Waals surface area contributed by atoms with Crippen molar-refractivity contribution in [3.8, 4) is 34.5 Å². The Morgan fingerprint density at radius 1 is 0.717 bits per heavy atom. The molecule has 0 unspecified atom stereocenters. The Morgan fingerprint density at radius 3 is 1.67 bits per heavy atom. The van der Waals surface area contributed by atoms with Crippen LogP contribution in [0.5, 0.6) is 34.5 Å². The first-order chi connectivity index (χ1) is 21.4. The van der Waals surface area contributed by atoms with Crippen LogP contribution in [0.1, 0.15) is 111 Å². The molecule has 0 atom stereocenters. The molecule has 2 aromatic rings. The Morgan fingerprint density at radius 2 is 1.20 bits per heavy atom. The molecule has 12 nitrogen and oxygen atoms in total. The van der Waals surface area contributed by atoms with Crippen LogP contribution in [0.15, 0.2) is 6.08 Å². The van der Waals surface area contributed by atoms with E-state index in [0.29, 0.717) is 6.42 Å². The topological polar surface area (TPSA) is 158 Å². The standard InChI is InChI=1S/C34H38O12/c1-11-12-25(40)27-32(45-21(7)39)24(30(43-19(5)37)22-13-14-34(8,9)46-33(22)27)15-23-28(41-10)16(2)29(42-18(4)36)26(17(3)35)31(23)44-20(6)38/h13-14H,11-12,15H2,1-10H3. The second-order valence-electron chi connectivity index (χ2n) is 11.2. The summed E-state index contributed by atoms with van der Waals surface area (Å²) in [5, 5.41) is 0. The van der Waals surface area contributed by atoms with Crippen molar-refractivity contribution in [1.82, 2.24) is 0 Å². The number of rotatable bonds is 11. The summed E-state index contributed by atoms with van der Waals surface area (Å²) in [6.45, 7) is 12.6. The van der Waals surface area contributed by atoms with Crippen LogP contribution in [0.2, 0.25) is 0 Å². The number of carbonyl (C=O) groups is 6. The van der Waals surface area contributed by atoms with Gasteiger partial charge in [0, 0.05) is 57.2 Å². The maximum Gasteiger partial charge on any atom is 0.308 e. The van der Waals surface area contributed by atoms with Crippen molar-refractivity contribution in [2.24, 2.45) is 0 Å². The Labute approximate surface area is 266 Å². The van der Waals surface area contributed by atoms with E-state index in [9.17, 15) is 28.8 Å². The SMILES string of the molecule is CCCC(=O)c1c2c(c(OC(C)=O)c(Cc3c(OC)c(C)c(OC(C)=O)c(C(C)=O)c3OC(C)=O)c1OC(C)=O)C=CC(C)(C)O2. The van der Waals surface area contributed by atoms with Gasteiger partial charge in [0.15, 0.2) is 28.8 Å². The number of benzene rings is 2. The van der Waals surface area contributed by atoms with Crippen LogP contribution in [-0.4, -0.2) is 48.2 Å². The number of hydrogen-bond donors (Lipinski definition) is 0. The average molecular weight is 639 g/mol. The highest BCUT2D eigenvalue weighted by Crippen LogP contribution is 2.52. The minimum Gasteiger partial charge on any atom is -0.496 e. The summed E-state index contributed by atoms with van der Waals surface area (Å²) in [7, 11) is 1.32. The highest BCUT2D eigenvalue weighted by Gasteiger charge is 2.38. The predicted octanol–water partition coefficient (Wildman–Crippen LogP) is 5.67. The van der Waals surface area contributed by atoms with E-state index in [1.54, 1.807) is 26.0 Å². The molecule has 0 saturated heterocycles. The fourth-order valence-corrected chi connectivity index (χ4v) is 5.21. The Kier molecular flexibility index (Phi) is 10.8. The fourth-order valence-electron chi connectivity index (χ4n) is 5.21. The minimum absolute atomic E-state index is 0.0254. The maximum atomic E-state index is 13.8. The third-order valence-corrected chi connectivity index (χ3v) is 6.84. The minimum atomic E-state index is -0.886. The van der Waals surface area contributed by atoms with Gasteiger partial charge in [0.2, 0.25) is 0 Å². The van der Waals surface area contributed by atoms with Gasteiger partial charge in [-0.15, -0.1) is 0 Å². The molecule has 12 heteroatoms. The monoisotopic (exact) mass is 638 g/mol. The maximum absolute atomic E-state index is 13.8. The number of ether oxygens (including phenoxy) is 6. The highest BCUT2D eigenvalue weighted by atomic mass is 16.6. The molecule has 1 aliphatic heterocycles. The molecule has 46 heavy (non-hydrogen) atoms. The number of fused-ring (bicyclic) bond motifs is 1. The lowest BCUT2D eigenvalue weighted by molar-refractivity contribution is -0.133. The summed E-state index contributed by atoms with van der Waals surface area (Å²) in [5.74, 6) is -4.81. The van der Waals surface area contributed by atoms with Gasteiger partial charge in [-0.25, -0.2) is 0 Å². The van der Waals surface area contributed by atoms with Crippen LogP contribution in [0, 0.1) is 6.92 Å². The van der Waals surface area contributed by atoms with E-state index in [-0.39, 0.29) is 80.7 Å². The molecule has 0 spiro atoms. The summed E-state index contributed by atoms with van der Waals surface area (Å²) < 4.78 is 34.3. The van der Waals surface area contributed by atoms with Gasteiger partial charge in [-0.2, -0.15) is 0 Å². The van der Waals surface area contributed by atoms with Gasteiger partial charge >= 0.3 is 23.9 Å². The van der Waals surface area contributed by atoms with Gasteiger partial charge in [0.05, 0.1) is 12.7 Å². The zero-order chi connectivity index (χ0) is 34.7. The second-order valence-corrected chi connectivity index (χ2v) is 11.2. The van der Waals surface area contributed by atoms with Crippen LogP contribution < -0.4 is 28.4 Å². The number of esters is 4. The largest absolute Gasteiger partial charge is 0.496 e. The van der Waals surface area contributed by atoms with Crippen molar-refractivity contribution in [3.63, 3.8) is 0 Å². The van der Waals surface area contributed by atoms with Crippen molar-refractivity contribution >= 4 is 41.5 Å². The summed E-state index contributed by atoms with van der Waals surface area (Å²) in [5.41, 5.74) is -0.626. The van der Waals surface area contributed by atoms with Crippen molar-refractivity contribution in [1.29, 1.82) is 0 Å². The zero-order valence-electron chi connectivity index (χ0n) is 27.7. The third-order valence-electron chi connectivity index (χ3n) is 6.84. The average Bonchev–Trinajstić information content (AvgIpc) is 2.91. The van der Waals surface area contributed by atoms with Gasteiger partial charge in [-0.1, -0.05) is 6.92 Å². The van der Waals surface area contributed by atoms with Crippen molar-refractivity contribution in [2.75, 3.05) is 7.11 Å². The molecule has 0 aliphatic carbocycles. The van der Waals surface area contributed by atoms with Crippen molar-refractivity contribution in [3.05, 3.63) is 39.5 Å². The molecule has 3 rings (SSSR count). The van der Waals surface area contributed by atoms with Gasteiger partial charge in [-0.05, 0) is 46.3 Å². The van der Waals surface area contributed by atoms with E-state index < -0.39 is 41.0 Å². The smallest absolute Gasteiger partial charge is 0.308 e. The van der Waals surface area contributed by atoms with Crippen LogP contribution in [0.4, 0.5) is 0 Å². The first kappa shape index (κ1) is 35.5. The molecular weight excluding hydrogens is 600 g/mol. The van der Waals surface area contributed by atoms with E-state index >= 15 is 0 Å². The molecule has 1 heterocycles. The summed E-state index contributed by atoms with van der Waals surface area (Å²) in [4.78, 5) is 76.4. The van der Waals surface area contributed by atoms with Gasteiger partial charge in [-0.3, -0.25) is 28.8 Å². The number of carbonyl (C=O) groups excluding carboxylic acids is 6. The Bertz CT molecular complexity index is 1680. The van der Waals surface area contributed by atoms with Gasteiger partial charge < -0.3 is 28.4 Å². The molecular formula is C34H38O12. The second kappa shape index (κ2) is 14.0. The molecule has 0 radical (unpaired) electrons. The normalized spacial score (nSPS) is 12.7. The van der Waals surface area contributed by atoms with Crippen LogP contribution in [0.25, 0.3) is 6.08 Å². The van der Waals surface area contributed by atoms with Crippen molar-refractivity contribution in [2.45, 2.75) is 87.2 Å². The fraction of sp³-hybridized carbons (Fsp3) is 0.412. The first-order valence-electron chi connectivity index (χ1n) is 14.6. The molecule has 0 aromatic heterocycles. The lowest BCUT2D eigenvalue weighted by Crippen LogP contribution is -2.30. The molecule has 0 bridgehead atoms. The number of methoxy groups -OCH3 is 1. The Balaban J connectivity index is 2.64. The number of hydrogen-bond acceptors (Lipinski definition) is 12. The quantitative estimate of drug-likeness (QED) is 0.169. The number of Topliss-reactive ketones (excluding diaryl/α,β-unsaturated/α-hetero) is 2. The van der Waals surface area contributed by atoms with E-state index in [1.165, 1.54) is 27.9 Å². The van der Waals surface area contributed by atoms with Crippen LogP contribution in [0.3, 0.4) is 0 Å². The van der Waals surface area contributed by atoms with Gasteiger partial charge in [0.25, 0.3) is 0 Å². The van der Waals surface area contributed by atoms with Crippen LogP contribution in [-0.2, 0) is 25.6 Å².